The smallest absolute Gasteiger partial charge is 0.207 e. The Kier molecular flexibility index (Phi) is 15.3. The fourth-order valence-electron chi connectivity index (χ4n) is 4.93. The topological polar surface area (TPSA) is 105 Å². The third kappa shape index (κ3) is 10.9. The van der Waals surface area contributed by atoms with E-state index in [1.165, 1.54) is 32.1 Å². The highest BCUT2D eigenvalue weighted by Gasteiger charge is 2.39. The first-order chi connectivity index (χ1) is 18.4. The van der Waals surface area contributed by atoms with Gasteiger partial charge in [0.2, 0.25) is 6.41 Å². The minimum Gasteiger partial charge on any atom is -0.394 e. The van der Waals surface area contributed by atoms with Crippen LogP contribution in [0.5, 0.6) is 0 Å². The van der Waals surface area contributed by atoms with Gasteiger partial charge in [0, 0.05) is 30.1 Å². The largest absolute Gasteiger partial charge is 0.394 e. The van der Waals surface area contributed by atoms with E-state index in [4.69, 9.17) is 33.4 Å². The first kappa shape index (κ1) is 32.0. The number of halogens is 3. The molecule has 1 amide bonds. The van der Waals surface area contributed by atoms with Crippen molar-refractivity contribution in [1.82, 2.24) is 10.6 Å². The Balaban J connectivity index is 0.000000260. The van der Waals surface area contributed by atoms with Crippen molar-refractivity contribution in [3.63, 3.8) is 0 Å². The van der Waals surface area contributed by atoms with E-state index in [0.717, 1.165) is 11.4 Å². The van der Waals surface area contributed by atoms with E-state index < -0.39 is 6.10 Å². The summed E-state index contributed by atoms with van der Waals surface area (Å²) in [6, 6.07) is 17.1. The van der Waals surface area contributed by atoms with Crippen molar-refractivity contribution in [2.75, 3.05) is 19.7 Å². The molecule has 1 heterocycles. The maximum atomic E-state index is 14.3. The molecule has 2 aliphatic rings. The van der Waals surface area contributed by atoms with Gasteiger partial charge in [0.15, 0.2) is 0 Å². The van der Waals surface area contributed by atoms with Gasteiger partial charge in [-0.15, -0.1) is 0 Å². The molecule has 208 valence electrons. The summed E-state index contributed by atoms with van der Waals surface area (Å²) in [6.07, 6.45) is 7.78. The number of aliphatic hydroxyl groups is 2. The van der Waals surface area contributed by atoms with Crippen molar-refractivity contribution in [3.8, 4) is 6.07 Å². The highest BCUT2D eigenvalue weighted by molar-refractivity contribution is 6.31. The minimum atomic E-state index is -0.711. The van der Waals surface area contributed by atoms with E-state index in [0.29, 0.717) is 37.4 Å². The second-order valence-electron chi connectivity index (χ2n) is 9.65. The second-order valence-corrected chi connectivity index (χ2v) is 10.5. The predicted octanol–water partition coefficient (Wildman–Crippen LogP) is 5.46. The first-order valence-electron chi connectivity index (χ1n) is 13.1. The summed E-state index contributed by atoms with van der Waals surface area (Å²) in [5, 5.41) is 33.3. The van der Waals surface area contributed by atoms with Crippen LogP contribution in [0, 0.1) is 29.0 Å². The molecule has 9 heteroatoms. The summed E-state index contributed by atoms with van der Waals surface area (Å²) in [5.74, 6) is 0.0757. The fourth-order valence-corrected chi connectivity index (χ4v) is 5.26. The van der Waals surface area contributed by atoms with E-state index in [1.54, 1.807) is 18.2 Å². The Bertz CT molecular complexity index is 987. The number of carbonyl (C=O) groups excluding carboxylic acids is 1. The van der Waals surface area contributed by atoms with Gasteiger partial charge in [-0.1, -0.05) is 85.6 Å². The number of hydrogen-bond acceptors (Lipinski definition) is 5. The molecule has 0 radical (unpaired) electrons. The molecule has 2 aromatic carbocycles. The van der Waals surface area contributed by atoms with Crippen LogP contribution in [0.4, 0.5) is 4.39 Å². The van der Waals surface area contributed by atoms with Gasteiger partial charge >= 0.3 is 0 Å². The van der Waals surface area contributed by atoms with Crippen LogP contribution in [-0.2, 0) is 4.79 Å². The lowest BCUT2D eigenvalue weighted by Crippen LogP contribution is -2.30. The molecule has 1 aliphatic heterocycles. The zero-order chi connectivity index (χ0) is 27.8. The number of nitriles is 1. The van der Waals surface area contributed by atoms with Crippen LogP contribution in [0.3, 0.4) is 0 Å². The van der Waals surface area contributed by atoms with Gasteiger partial charge in [0.1, 0.15) is 5.82 Å². The second kappa shape index (κ2) is 18.1. The number of nitrogens with zero attached hydrogens (tertiary/aromatic N) is 1. The van der Waals surface area contributed by atoms with Crippen LogP contribution < -0.4 is 10.6 Å². The van der Waals surface area contributed by atoms with Crippen LogP contribution in [0.15, 0.2) is 48.5 Å². The van der Waals surface area contributed by atoms with Crippen molar-refractivity contribution in [2.24, 2.45) is 11.8 Å². The van der Waals surface area contributed by atoms with Crippen LogP contribution in [0.25, 0.3) is 0 Å². The average molecular weight is 567 g/mol. The number of rotatable bonds is 8. The van der Waals surface area contributed by atoms with Crippen molar-refractivity contribution in [2.45, 2.75) is 63.0 Å². The predicted molar refractivity (Wildman–Crippen MR) is 149 cm³/mol. The van der Waals surface area contributed by atoms with E-state index in [-0.39, 0.29) is 35.3 Å². The normalized spacial score (nSPS) is 21.6. The molecule has 0 aromatic heterocycles. The highest BCUT2D eigenvalue weighted by Crippen LogP contribution is 2.38. The third-order valence-electron chi connectivity index (χ3n) is 6.96. The van der Waals surface area contributed by atoms with Gasteiger partial charge in [-0.25, -0.2) is 4.39 Å². The summed E-state index contributed by atoms with van der Waals surface area (Å²) in [5.41, 5.74) is 0.581. The molecule has 1 aliphatic carbocycles. The molecule has 0 spiro atoms. The molecule has 0 bridgehead atoms. The summed E-state index contributed by atoms with van der Waals surface area (Å²) < 4.78 is 14.3. The van der Waals surface area contributed by atoms with Crippen LogP contribution in [-0.4, -0.2) is 48.5 Å². The summed E-state index contributed by atoms with van der Waals surface area (Å²) >= 11 is 11.4. The Morgan fingerprint density at radius 1 is 1.13 bits per heavy atom. The van der Waals surface area contributed by atoms with Crippen molar-refractivity contribution in [1.29, 1.82) is 5.26 Å². The Labute approximate surface area is 235 Å². The Hall–Kier alpha value is -2.21. The third-order valence-corrected chi connectivity index (χ3v) is 7.50. The van der Waals surface area contributed by atoms with Gasteiger partial charge < -0.3 is 20.8 Å². The summed E-state index contributed by atoms with van der Waals surface area (Å²) in [6.45, 7) is 0.818. The zero-order valence-electron chi connectivity index (χ0n) is 21.5. The number of carbonyl (C=O) groups is 1. The van der Waals surface area contributed by atoms with Gasteiger partial charge in [0.25, 0.3) is 0 Å². The van der Waals surface area contributed by atoms with Crippen molar-refractivity contribution < 1.29 is 19.4 Å². The number of nitrogens with one attached hydrogen (secondary N) is 2. The lowest BCUT2D eigenvalue weighted by atomic mass is 9.79. The van der Waals surface area contributed by atoms with Crippen LogP contribution >= 0.6 is 23.2 Å². The SMILES string of the molecule is Clc1ccccc1.N#CC1C(CC2CCCCC2)NCC1c1cccc(Cl)c1F.O=CNCCC(O)CO. The maximum absolute atomic E-state index is 14.3. The average Bonchev–Trinajstić information content (AvgIpc) is 3.34. The van der Waals surface area contributed by atoms with Gasteiger partial charge in [-0.2, -0.15) is 5.26 Å². The van der Waals surface area contributed by atoms with Gasteiger partial charge in [-0.05, 0) is 42.5 Å². The quantitative estimate of drug-likeness (QED) is 0.251. The number of amides is 1. The molecule has 1 saturated carbocycles. The maximum Gasteiger partial charge on any atom is 0.207 e. The van der Waals surface area contributed by atoms with E-state index in [9.17, 15) is 14.4 Å². The summed E-state index contributed by atoms with van der Waals surface area (Å²) in [7, 11) is 0. The number of aliphatic hydroxyl groups excluding tert-OH is 2. The van der Waals surface area contributed by atoms with Crippen LogP contribution in [0.2, 0.25) is 10.0 Å². The molecular weight excluding hydrogens is 528 g/mol. The van der Waals surface area contributed by atoms with E-state index in [1.807, 2.05) is 30.3 Å². The van der Waals surface area contributed by atoms with Gasteiger partial charge in [0.05, 0.1) is 29.7 Å². The molecule has 4 rings (SSSR count). The molecule has 2 fully saturated rings. The fraction of sp³-hybridized carbons (Fsp3) is 0.517. The molecule has 6 nitrogen and oxygen atoms in total. The lowest BCUT2D eigenvalue weighted by Gasteiger charge is -2.26. The molecule has 4 unspecified atom stereocenters. The lowest BCUT2D eigenvalue weighted by molar-refractivity contribution is -0.109. The molecule has 1 saturated heterocycles. The molecule has 4 N–H and O–H groups in total. The van der Waals surface area contributed by atoms with E-state index >= 15 is 0 Å². The van der Waals surface area contributed by atoms with E-state index in [2.05, 4.69) is 16.7 Å². The van der Waals surface area contributed by atoms with Gasteiger partial charge in [-0.3, -0.25) is 4.79 Å². The highest BCUT2D eigenvalue weighted by atomic mass is 35.5. The van der Waals surface area contributed by atoms with Crippen molar-refractivity contribution >= 4 is 29.6 Å². The Morgan fingerprint density at radius 3 is 2.42 bits per heavy atom. The molecule has 2 aromatic rings. The number of benzene rings is 2. The Morgan fingerprint density at radius 2 is 1.84 bits per heavy atom. The first-order valence-corrected chi connectivity index (χ1v) is 13.9. The number of hydrogen-bond donors (Lipinski definition) is 4. The summed E-state index contributed by atoms with van der Waals surface area (Å²) in [4.78, 5) is 9.62. The molecule has 4 atom stereocenters. The van der Waals surface area contributed by atoms with Crippen LogP contribution in [0.1, 0.15) is 56.4 Å². The molecule has 38 heavy (non-hydrogen) atoms. The monoisotopic (exact) mass is 565 g/mol. The minimum absolute atomic E-state index is 0.0997. The standard InChI is InChI=1S/C18H22ClFN2.C6H5Cl.C5H11NO3/c19-16-8-4-7-13(18(16)20)15-11-22-17(14(15)10-21)9-12-5-2-1-3-6-12;7-6-4-2-1-3-5-6;7-3-5(9)1-2-6-4-8/h4,7-8,12,14-15,17,22H,1-3,5-6,9,11H2;1-5H;4-5,7,9H,1-3H2,(H,6,8). The zero-order valence-corrected chi connectivity index (χ0v) is 23.0. The van der Waals surface area contributed by atoms with Crippen molar-refractivity contribution in [3.05, 3.63) is 70.0 Å². The molecular formula is C29H38Cl2FN3O3.